The Kier molecular flexibility index (Phi) is 8.68. The summed E-state index contributed by atoms with van der Waals surface area (Å²) in [6, 6.07) is 13.5. The number of aromatic hydroxyl groups is 2. The third kappa shape index (κ3) is 6.59. The van der Waals surface area contributed by atoms with Crippen molar-refractivity contribution in [1.29, 1.82) is 5.41 Å². The lowest BCUT2D eigenvalue weighted by atomic mass is 10.0. The number of hydrogen-bond acceptors (Lipinski definition) is 9. The molecule has 0 fully saturated rings. The molecule has 0 unspecified atom stereocenters. The maximum Gasteiger partial charge on any atom is 0.356 e. The Morgan fingerprint density at radius 2 is 1.67 bits per heavy atom. The van der Waals surface area contributed by atoms with E-state index in [1.54, 1.807) is 42.5 Å². The Hall–Kier alpha value is -5.17. The number of amides is 2. The summed E-state index contributed by atoms with van der Waals surface area (Å²) in [7, 11) is 0. The average Bonchev–Trinajstić information content (AvgIpc) is 3.14. The predicted molar refractivity (Wildman–Crippen MR) is 137 cm³/mol. The van der Waals surface area contributed by atoms with Gasteiger partial charge in [-0.2, -0.15) is 0 Å². The molecule has 0 saturated carbocycles. The molecule has 8 N–H and O–H groups in total. The lowest BCUT2D eigenvalue weighted by molar-refractivity contribution is -0.161. The number of rotatable bonds is 10. The molecule has 0 radical (unpaired) electrons. The van der Waals surface area contributed by atoms with Gasteiger partial charge in [0.2, 0.25) is 18.0 Å². The summed E-state index contributed by atoms with van der Waals surface area (Å²) in [5.74, 6) is -6.39. The fourth-order valence-corrected chi connectivity index (χ4v) is 3.83. The molecule has 1 heterocycles. The van der Waals surface area contributed by atoms with Gasteiger partial charge in [0.1, 0.15) is 11.6 Å². The Bertz CT molecular complexity index is 1400. The molecule has 0 saturated heterocycles. The van der Waals surface area contributed by atoms with Crippen LogP contribution < -0.4 is 16.2 Å². The molecule has 0 spiro atoms. The quantitative estimate of drug-likeness (QED) is 0.0933. The Morgan fingerprint density at radius 1 is 1.05 bits per heavy atom. The molecule has 0 aliphatic heterocycles. The van der Waals surface area contributed by atoms with Crippen molar-refractivity contribution >= 4 is 29.6 Å². The topological polar surface area (TPSA) is 222 Å². The Balaban J connectivity index is 2.08. The van der Waals surface area contributed by atoms with E-state index in [0.29, 0.717) is 20.6 Å². The minimum Gasteiger partial charge on any atom is -0.494 e. The van der Waals surface area contributed by atoms with Crippen LogP contribution in [0.5, 0.6) is 17.5 Å². The van der Waals surface area contributed by atoms with Crippen LogP contribution in [0.1, 0.15) is 36.2 Å². The normalized spacial score (nSPS) is 12.3. The number of imide groups is 1. The molecule has 2 atom stereocenters. The van der Waals surface area contributed by atoms with Gasteiger partial charge < -0.3 is 31.5 Å². The van der Waals surface area contributed by atoms with E-state index in [4.69, 9.17) is 26.7 Å². The number of carbonyl (C=O) groups excluding carboxylic acids is 3. The molecular weight excluding hydrogens is 510 g/mol. The van der Waals surface area contributed by atoms with Crippen LogP contribution in [-0.2, 0) is 25.6 Å². The van der Waals surface area contributed by atoms with E-state index in [2.05, 4.69) is 0 Å². The van der Waals surface area contributed by atoms with Gasteiger partial charge in [-0.25, -0.2) is 9.69 Å². The van der Waals surface area contributed by atoms with E-state index in [1.165, 1.54) is 12.1 Å². The van der Waals surface area contributed by atoms with Crippen LogP contribution in [0.25, 0.3) is 0 Å². The van der Waals surface area contributed by atoms with Crippen molar-refractivity contribution in [1.82, 2.24) is 9.47 Å². The minimum atomic E-state index is -2.08. The number of aliphatic carboxylic acids is 1. The first-order valence-corrected chi connectivity index (χ1v) is 11.5. The van der Waals surface area contributed by atoms with Gasteiger partial charge in [0.15, 0.2) is 11.8 Å². The molecule has 13 nitrogen and oxygen atoms in total. The lowest BCUT2D eigenvalue weighted by Gasteiger charge is -2.30. The molecule has 0 bridgehead atoms. The van der Waals surface area contributed by atoms with E-state index in [0.717, 1.165) is 13.0 Å². The lowest BCUT2D eigenvalue weighted by Crippen LogP contribution is -2.52. The van der Waals surface area contributed by atoms with Crippen LogP contribution in [-0.4, -0.2) is 60.4 Å². The van der Waals surface area contributed by atoms with Crippen LogP contribution in [0.2, 0.25) is 0 Å². The average molecular weight is 538 g/mol. The molecule has 2 amide bonds. The molecule has 13 heteroatoms. The second-order valence-corrected chi connectivity index (χ2v) is 8.55. The summed E-state index contributed by atoms with van der Waals surface area (Å²) in [6.07, 6.45) is -2.89. The van der Waals surface area contributed by atoms with Crippen molar-refractivity contribution in [3.05, 3.63) is 77.4 Å². The van der Waals surface area contributed by atoms with Gasteiger partial charge in [0.05, 0.1) is 12.5 Å². The third-order valence-electron chi connectivity index (χ3n) is 5.68. The number of para-hydroxylation sites is 1. The predicted octanol–water partition coefficient (Wildman–Crippen LogP) is 1.06. The SMILES string of the molecule is CC(=O)N(C(=O)[C@@H](N)CC(=O)O)[C@H](C(=O)Oc1ccccc1)n1c(O)cc(Cc2ccc(C(=N)N)cc2)c1O. The van der Waals surface area contributed by atoms with Crippen LogP contribution in [0.15, 0.2) is 60.7 Å². The van der Waals surface area contributed by atoms with Crippen molar-refractivity contribution in [2.75, 3.05) is 0 Å². The molecular formula is C26H27N5O8. The number of carbonyl (C=O) groups is 4. The number of amidine groups is 1. The minimum absolute atomic E-state index is 0.0372. The second kappa shape index (κ2) is 11.9. The maximum atomic E-state index is 13.4. The summed E-state index contributed by atoms with van der Waals surface area (Å²) in [5, 5.41) is 38.4. The van der Waals surface area contributed by atoms with Crippen molar-refractivity contribution in [2.24, 2.45) is 11.5 Å². The monoisotopic (exact) mass is 537 g/mol. The molecule has 1 aromatic heterocycles. The van der Waals surface area contributed by atoms with E-state index < -0.39 is 54.1 Å². The molecule has 0 aliphatic carbocycles. The maximum absolute atomic E-state index is 13.4. The Morgan fingerprint density at radius 3 is 2.21 bits per heavy atom. The molecule has 3 rings (SSSR count). The van der Waals surface area contributed by atoms with Crippen LogP contribution >= 0.6 is 0 Å². The fraction of sp³-hybridized carbons (Fsp3) is 0.192. The van der Waals surface area contributed by atoms with Crippen molar-refractivity contribution in [2.45, 2.75) is 32.0 Å². The van der Waals surface area contributed by atoms with Gasteiger partial charge in [-0.3, -0.25) is 24.4 Å². The number of nitrogens with zero attached hydrogens (tertiary/aromatic N) is 2. The highest BCUT2D eigenvalue weighted by Crippen LogP contribution is 2.36. The zero-order chi connectivity index (χ0) is 28.9. The highest BCUT2D eigenvalue weighted by Gasteiger charge is 2.41. The number of benzene rings is 2. The van der Waals surface area contributed by atoms with Gasteiger partial charge in [0, 0.05) is 30.5 Å². The van der Waals surface area contributed by atoms with Gasteiger partial charge in [-0.15, -0.1) is 0 Å². The Labute approximate surface area is 222 Å². The standard InChI is InChI=1S/C26H27N5O8/c1-14(32)30(25(37)19(27)13-21(34)35)23(26(38)39-18-5-3-2-4-6-18)31-20(33)12-17(24(31)36)11-15-7-9-16(10-8-15)22(28)29/h2-10,12,19,23,33,36H,11,13,27H2,1H3,(H3,28,29)(H,34,35)/t19-,23-/m0/s1. The number of esters is 1. The summed E-state index contributed by atoms with van der Waals surface area (Å²) >= 11 is 0. The van der Waals surface area contributed by atoms with Crippen molar-refractivity contribution < 1.29 is 39.2 Å². The smallest absolute Gasteiger partial charge is 0.356 e. The highest BCUT2D eigenvalue weighted by atomic mass is 16.5. The van der Waals surface area contributed by atoms with Gasteiger partial charge in [0.25, 0.3) is 0 Å². The summed E-state index contributed by atoms with van der Waals surface area (Å²) in [4.78, 5) is 50.6. The number of carboxylic acid groups (broad SMARTS) is 1. The molecule has 3 aromatic rings. The third-order valence-corrected chi connectivity index (χ3v) is 5.68. The summed E-state index contributed by atoms with van der Waals surface area (Å²) < 4.78 is 5.95. The number of ether oxygens (including phenoxy) is 1. The van der Waals surface area contributed by atoms with Crippen LogP contribution in [0, 0.1) is 5.41 Å². The number of nitrogens with two attached hydrogens (primary N) is 2. The second-order valence-electron chi connectivity index (χ2n) is 8.55. The zero-order valence-electron chi connectivity index (χ0n) is 20.8. The zero-order valence-corrected chi connectivity index (χ0v) is 20.8. The van der Waals surface area contributed by atoms with Gasteiger partial charge in [-0.05, 0) is 17.7 Å². The number of aromatic nitrogens is 1. The molecule has 2 aromatic carbocycles. The molecule has 0 aliphatic rings. The first-order valence-electron chi connectivity index (χ1n) is 11.5. The van der Waals surface area contributed by atoms with Crippen molar-refractivity contribution in [3.63, 3.8) is 0 Å². The number of nitrogen functional groups attached to an aromatic ring is 1. The summed E-state index contributed by atoms with van der Waals surface area (Å²) in [6.45, 7) is 0.934. The first-order chi connectivity index (χ1) is 18.4. The van der Waals surface area contributed by atoms with E-state index in [-0.39, 0.29) is 23.6 Å². The largest absolute Gasteiger partial charge is 0.494 e. The van der Waals surface area contributed by atoms with Crippen LogP contribution in [0.3, 0.4) is 0 Å². The van der Waals surface area contributed by atoms with E-state index >= 15 is 0 Å². The number of carboxylic acids is 1. The van der Waals surface area contributed by atoms with Crippen LogP contribution in [0.4, 0.5) is 0 Å². The fourth-order valence-electron chi connectivity index (χ4n) is 3.83. The highest BCUT2D eigenvalue weighted by molar-refractivity contribution is 6.01. The van der Waals surface area contributed by atoms with Crippen molar-refractivity contribution in [3.8, 4) is 17.5 Å². The van der Waals surface area contributed by atoms with E-state index in [9.17, 15) is 29.4 Å². The molecule has 204 valence electrons. The summed E-state index contributed by atoms with van der Waals surface area (Å²) in [5.41, 5.74) is 12.4. The van der Waals surface area contributed by atoms with E-state index in [1.807, 2.05) is 0 Å². The number of nitrogens with one attached hydrogen (secondary N) is 1. The van der Waals surface area contributed by atoms with Gasteiger partial charge in [-0.1, -0.05) is 42.5 Å². The first kappa shape index (κ1) is 28.4. The van der Waals surface area contributed by atoms with Gasteiger partial charge >= 0.3 is 11.9 Å². The number of hydrogen-bond donors (Lipinski definition) is 6. The molecule has 39 heavy (non-hydrogen) atoms.